The highest BCUT2D eigenvalue weighted by Gasteiger charge is 2.18. The van der Waals surface area contributed by atoms with Gasteiger partial charge in [0.25, 0.3) is 0 Å². The Morgan fingerprint density at radius 2 is 1.86 bits per heavy atom. The summed E-state index contributed by atoms with van der Waals surface area (Å²) in [4.78, 5) is 11.2. The molecule has 0 aliphatic carbocycles. The fourth-order valence-electron chi connectivity index (χ4n) is 3.11. The van der Waals surface area contributed by atoms with Crippen molar-refractivity contribution in [2.45, 2.75) is 11.8 Å². The number of anilines is 5. The van der Waals surface area contributed by atoms with Crippen LogP contribution in [0.25, 0.3) is 0 Å². The van der Waals surface area contributed by atoms with Gasteiger partial charge in [0.1, 0.15) is 16.5 Å². The Hall–Kier alpha value is -2.68. The van der Waals surface area contributed by atoms with Gasteiger partial charge in [-0.3, -0.25) is 0 Å². The van der Waals surface area contributed by atoms with E-state index in [4.69, 9.17) is 4.74 Å². The van der Waals surface area contributed by atoms with Crippen LogP contribution in [0.4, 0.5) is 28.8 Å². The third-order valence-electron chi connectivity index (χ3n) is 4.86. The van der Waals surface area contributed by atoms with Crippen LogP contribution in [-0.2, 0) is 10.0 Å². The Morgan fingerprint density at radius 3 is 2.57 bits per heavy atom. The van der Waals surface area contributed by atoms with Gasteiger partial charge in [-0.1, -0.05) is 12.1 Å². The Labute approximate surface area is 220 Å². The molecule has 0 atom stereocenters. The number of sulfonamides is 1. The van der Waals surface area contributed by atoms with Crippen molar-refractivity contribution in [1.82, 2.24) is 19.6 Å². The number of aromatic nitrogens is 2. The summed E-state index contributed by atoms with van der Waals surface area (Å²) in [5.74, 6) is 1.49. The van der Waals surface area contributed by atoms with Crippen LogP contribution < -0.4 is 25.4 Å². The largest absolute Gasteiger partial charge is 0.492 e. The van der Waals surface area contributed by atoms with E-state index in [9.17, 15) is 8.42 Å². The third-order valence-corrected chi connectivity index (χ3v) is 7.12. The highest BCUT2D eigenvalue weighted by molar-refractivity contribution is 14.1. The highest BCUT2D eigenvalue weighted by Crippen LogP contribution is 2.31. The van der Waals surface area contributed by atoms with Crippen LogP contribution in [0.1, 0.15) is 6.92 Å². The fraction of sp³-hybridized carbons (Fsp3) is 0.304. The monoisotopic (exact) mass is 611 g/mol. The summed E-state index contributed by atoms with van der Waals surface area (Å²) in [6, 6.07) is 12.5. The zero-order valence-corrected chi connectivity index (χ0v) is 23.1. The molecule has 12 heteroatoms. The summed E-state index contributed by atoms with van der Waals surface area (Å²) in [6.07, 6.45) is 1.66. The van der Waals surface area contributed by atoms with Gasteiger partial charge in [0.15, 0.2) is 0 Å². The van der Waals surface area contributed by atoms with E-state index in [0.29, 0.717) is 29.8 Å². The number of rotatable bonds is 12. The Kier molecular flexibility index (Phi) is 9.48. The van der Waals surface area contributed by atoms with Crippen molar-refractivity contribution in [3.63, 3.8) is 0 Å². The van der Waals surface area contributed by atoms with E-state index >= 15 is 0 Å². The number of halogens is 1. The zero-order valence-electron chi connectivity index (χ0n) is 20.1. The number of ether oxygens (including phenoxy) is 1. The lowest BCUT2D eigenvalue weighted by Crippen LogP contribution is -2.20. The molecule has 10 nitrogen and oxygen atoms in total. The molecule has 1 aromatic heterocycles. The van der Waals surface area contributed by atoms with Crippen molar-refractivity contribution in [2.24, 2.45) is 0 Å². The predicted octanol–water partition coefficient (Wildman–Crippen LogP) is 3.85. The maximum atomic E-state index is 12.4. The van der Waals surface area contributed by atoms with Crippen molar-refractivity contribution in [1.29, 1.82) is 0 Å². The number of nitrogens with one attached hydrogen (secondary N) is 4. The van der Waals surface area contributed by atoms with E-state index < -0.39 is 10.0 Å². The van der Waals surface area contributed by atoms with Gasteiger partial charge in [-0.05, 0) is 74.9 Å². The average molecular weight is 612 g/mol. The van der Waals surface area contributed by atoms with Crippen LogP contribution in [0.5, 0.6) is 5.75 Å². The topological polar surface area (TPSA) is 121 Å². The molecule has 0 bridgehead atoms. The van der Waals surface area contributed by atoms with Gasteiger partial charge >= 0.3 is 0 Å². The third kappa shape index (κ3) is 7.40. The molecule has 0 aliphatic heterocycles. The van der Waals surface area contributed by atoms with Crippen molar-refractivity contribution < 1.29 is 13.2 Å². The molecule has 3 rings (SSSR count). The number of nitrogens with zero attached hydrogens (tertiary/aromatic N) is 3. The zero-order chi connectivity index (χ0) is 25.4. The summed E-state index contributed by atoms with van der Waals surface area (Å²) in [5.41, 5.74) is 2.08. The standard InChI is InChI=1S/C23H30IN7O3S/c1-5-34-20-14-16(26-12-13-31(3)4)10-11-18(20)29-23-27-15-17(24)22(30-23)28-19-8-6-7-9-21(19)35(32,33)25-2/h6-11,14-15,25-26H,5,12-13H2,1-4H3,(H2,27,28,29,30). The Morgan fingerprint density at radius 1 is 1.09 bits per heavy atom. The second-order valence-electron chi connectivity index (χ2n) is 7.72. The number of likely N-dealkylation sites (N-methyl/N-ethyl adjacent to an activating group) is 1. The fourth-order valence-corrected chi connectivity index (χ4v) is 4.39. The summed E-state index contributed by atoms with van der Waals surface area (Å²) < 4.78 is 33.7. The molecule has 3 aromatic rings. The minimum Gasteiger partial charge on any atom is -0.492 e. The molecular formula is C23H30IN7O3S. The smallest absolute Gasteiger partial charge is 0.242 e. The van der Waals surface area contributed by atoms with Crippen molar-refractivity contribution >= 4 is 61.4 Å². The van der Waals surface area contributed by atoms with Gasteiger partial charge in [0.05, 0.1) is 21.6 Å². The quantitative estimate of drug-likeness (QED) is 0.227. The van der Waals surface area contributed by atoms with Crippen LogP contribution in [-0.4, -0.2) is 64.1 Å². The van der Waals surface area contributed by atoms with Gasteiger partial charge in [-0.25, -0.2) is 18.1 Å². The molecule has 1 heterocycles. The van der Waals surface area contributed by atoms with Crippen molar-refractivity contribution in [3.8, 4) is 5.75 Å². The van der Waals surface area contributed by atoms with E-state index in [2.05, 4.69) is 58.1 Å². The van der Waals surface area contributed by atoms with Gasteiger partial charge in [-0.15, -0.1) is 0 Å². The number of para-hydroxylation sites is 1. The lowest BCUT2D eigenvalue weighted by molar-refractivity contribution is 0.342. The van der Waals surface area contributed by atoms with E-state index in [1.54, 1.807) is 24.4 Å². The van der Waals surface area contributed by atoms with Gasteiger partial charge in [-0.2, -0.15) is 4.98 Å². The molecule has 0 spiro atoms. The molecule has 2 aromatic carbocycles. The summed E-state index contributed by atoms with van der Waals surface area (Å²) in [6.45, 7) is 4.16. The lowest BCUT2D eigenvalue weighted by atomic mass is 10.2. The van der Waals surface area contributed by atoms with Crippen LogP contribution in [0, 0.1) is 3.57 Å². The summed E-state index contributed by atoms with van der Waals surface area (Å²) in [5, 5.41) is 9.72. The molecule has 35 heavy (non-hydrogen) atoms. The molecule has 0 unspecified atom stereocenters. The second kappa shape index (κ2) is 12.3. The van der Waals surface area contributed by atoms with Crippen LogP contribution in [0.2, 0.25) is 0 Å². The normalized spacial score (nSPS) is 11.4. The first-order chi connectivity index (χ1) is 16.7. The Balaban J connectivity index is 1.85. The second-order valence-corrected chi connectivity index (χ2v) is 10.7. The van der Waals surface area contributed by atoms with E-state index in [1.807, 2.05) is 39.2 Å². The molecule has 0 saturated carbocycles. The Bertz CT molecular complexity index is 1260. The molecule has 0 fully saturated rings. The van der Waals surface area contributed by atoms with Gasteiger partial charge in [0, 0.05) is 31.0 Å². The average Bonchev–Trinajstić information content (AvgIpc) is 2.83. The minimum atomic E-state index is -3.65. The van der Waals surface area contributed by atoms with Crippen LogP contribution in [0.15, 0.2) is 53.6 Å². The maximum absolute atomic E-state index is 12.4. The summed E-state index contributed by atoms with van der Waals surface area (Å²) in [7, 11) is 1.79. The lowest BCUT2D eigenvalue weighted by Gasteiger charge is -2.16. The first kappa shape index (κ1) is 26.9. The van der Waals surface area contributed by atoms with Gasteiger partial charge < -0.3 is 25.6 Å². The SMILES string of the molecule is CCOc1cc(NCCN(C)C)ccc1Nc1ncc(I)c(Nc2ccccc2S(=O)(=O)NC)n1. The maximum Gasteiger partial charge on any atom is 0.242 e. The summed E-state index contributed by atoms with van der Waals surface area (Å²) >= 11 is 2.10. The van der Waals surface area contributed by atoms with Crippen LogP contribution >= 0.6 is 22.6 Å². The molecule has 188 valence electrons. The molecule has 4 N–H and O–H groups in total. The molecular weight excluding hydrogens is 581 g/mol. The van der Waals surface area contributed by atoms with Crippen molar-refractivity contribution in [2.75, 3.05) is 56.8 Å². The number of hydrogen-bond donors (Lipinski definition) is 4. The van der Waals surface area contributed by atoms with E-state index in [-0.39, 0.29) is 4.90 Å². The van der Waals surface area contributed by atoms with Gasteiger partial charge in [0.2, 0.25) is 16.0 Å². The predicted molar refractivity (Wildman–Crippen MR) is 149 cm³/mol. The van der Waals surface area contributed by atoms with Crippen LogP contribution in [0.3, 0.4) is 0 Å². The highest BCUT2D eigenvalue weighted by atomic mass is 127. The number of benzene rings is 2. The van der Waals surface area contributed by atoms with Crippen molar-refractivity contribution in [3.05, 3.63) is 52.2 Å². The van der Waals surface area contributed by atoms with E-state index in [1.165, 1.54) is 13.1 Å². The molecule has 0 saturated heterocycles. The minimum absolute atomic E-state index is 0.127. The molecule has 0 aliphatic rings. The van der Waals surface area contributed by atoms with E-state index in [0.717, 1.165) is 28.0 Å². The molecule has 0 amide bonds. The first-order valence-corrected chi connectivity index (χ1v) is 13.5. The first-order valence-electron chi connectivity index (χ1n) is 11.0. The molecule has 0 radical (unpaired) electrons. The number of hydrogen-bond acceptors (Lipinski definition) is 9.